The fourth-order valence-corrected chi connectivity index (χ4v) is 1.97. The van der Waals surface area contributed by atoms with E-state index in [2.05, 4.69) is 16.9 Å². The summed E-state index contributed by atoms with van der Waals surface area (Å²) in [5.41, 5.74) is 1.77. The lowest BCUT2D eigenvalue weighted by Crippen LogP contribution is -2.22. The quantitative estimate of drug-likeness (QED) is 0.686. The highest BCUT2D eigenvalue weighted by Gasteiger charge is 2.16. The van der Waals surface area contributed by atoms with Crippen LogP contribution >= 0.6 is 0 Å². The van der Waals surface area contributed by atoms with Crippen LogP contribution in [-0.2, 0) is 13.1 Å². The Morgan fingerprint density at radius 3 is 3.00 bits per heavy atom. The molecule has 0 aliphatic carbocycles. The molecule has 0 amide bonds. The van der Waals surface area contributed by atoms with Crippen LogP contribution < -0.4 is 0 Å². The molecule has 15 heavy (non-hydrogen) atoms. The molecule has 1 aromatic heterocycles. The van der Waals surface area contributed by atoms with Gasteiger partial charge in [0.15, 0.2) is 5.78 Å². The first-order chi connectivity index (χ1) is 7.20. The molecule has 0 atom stereocenters. The van der Waals surface area contributed by atoms with Crippen molar-refractivity contribution in [3.05, 3.63) is 17.5 Å². The average molecular weight is 207 g/mol. The van der Waals surface area contributed by atoms with E-state index in [4.69, 9.17) is 0 Å². The number of carbonyl (C=O) groups is 1. The van der Waals surface area contributed by atoms with E-state index in [9.17, 15) is 4.79 Å². The molecule has 1 aliphatic rings. The molecule has 0 unspecified atom stereocenters. The first kappa shape index (κ1) is 10.4. The summed E-state index contributed by atoms with van der Waals surface area (Å²) in [7, 11) is 0. The highest BCUT2D eigenvalue weighted by molar-refractivity contribution is 5.92. The summed E-state index contributed by atoms with van der Waals surface area (Å²) in [6, 6.07) is 1.93. The molecular weight excluding hydrogens is 190 g/mol. The summed E-state index contributed by atoms with van der Waals surface area (Å²) in [6.45, 7) is 7.75. The van der Waals surface area contributed by atoms with Gasteiger partial charge in [-0.3, -0.25) is 14.4 Å². The molecule has 0 saturated carbocycles. The first-order valence-corrected chi connectivity index (χ1v) is 5.50. The molecule has 2 heterocycles. The molecule has 82 valence electrons. The third-order valence-corrected chi connectivity index (χ3v) is 2.90. The summed E-state index contributed by atoms with van der Waals surface area (Å²) in [5.74, 6) is 0.0543. The Morgan fingerprint density at radius 1 is 1.53 bits per heavy atom. The van der Waals surface area contributed by atoms with Crippen LogP contribution in [0.15, 0.2) is 6.07 Å². The molecule has 4 heteroatoms. The minimum Gasteiger partial charge on any atom is -0.298 e. The molecule has 1 aliphatic heterocycles. The van der Waals surface area contributed by atoms with E-state index in [0.717, 1.165) is 32.6 Å². The lowest BCUT2D eigenvalue weighted by atomic mass is 10.3. The van der Waals surface area contributed by atoms with Crippen molar-refractivity contribution in [2.45, 2.75) is 33.4 Å². The van der Waals surface area contributed by atoms with Crippen molar-refractivity contribution in [2.24, 2.45) is 0 Å². The molecule has 0 spiro atoms. The summed E-state index contributed by atoms with van der Waals surface area (Å²) in [4.78, 5) is 13.6. The standard InChI is InChI=1S/C11H17N3O/c1-3-13-5-4-6-14-10(8-13)7-11(12-14)9(2)15/h7H,3-6,8H2,1-2H3. The maximum absolute atomic E-state index is 11.2. The maximum atomic E-state index is 11.2. The van der Waals surface area contributed by atoms with E-state index in [1.807, 2.05) is 10.7 Å². The zero-order valence-corrected chi connectivity index (χ0v) is 9.36. The highest BCUT2D eigenvalue weighted by atomic mass is 16.1. The molecular formula is C11H17N3O. The van der Waals surface area contributed by atoms with Crippen molar-refractivity contribution in [3.8, 4) is 0 Å². The zero-order chi connectivity index (χ0) is 10.8. The van der Waals surface area contributed by atoms with E-state index < -0.39 is 0 Å². The predicted octanol–water partition coefficient (Wildman–Crippen LogP) is 1.31. The SMILES string of the molecule is CCN1CCCn2nc(C(C)=O)cc2C1. The number of hydrogen-bond donors (Lipinski definition) is 0. The van der Waals surface area contributed by atoms with Crippen molar-refractivity contribution in [3.63, 3.8) is 0 Å². The molecule has 0 N–H and O–H groups in total. The number of rotatable bonds is 2. The molecule has 1 aromatic rings. The number of fused-ring (bicyclic) bond motifs is 1. The van der Waals surface area contributed by atoms with E-state index in [0.29, 0.717) is 5.69 Å². The molecule has 4 nitrogen and oxygen atoms in total. The summed E-state index contributed by atoms with van der Waals surface area (Å²) >= 11 is 0. The predicted molar refractivity (Wildman–Crippen MR) is 57.8 cm³/mol. The fraction of sp³-hybridized carbons (Fsp3) is 0.636. The van der Waals surface area contributed by atoms with Crippen LogP contribution in [0.3, 0.4) is 0 Å². The smallest absolute Gasteiger partial charge is 0.179 e. The van der Waals surface area contributed by atoms with Crippen LogP contribution in [0, 0.1) is 0 Å². The van der Waals surface area contributed by atoms with Crippen molar-refractivity contribution in [2.75, 3.05) is 13.1 Å². The van der Waals surface area contributed by atoms with Crippen molar-refractivity contribution < 1.29 is 4.79 Å². The molecule has 0 radical (unpaired) electrons. The maximum Gasteiger partial charge on any atom is 0.179 e. The number of Topliss-reactive ketones (excluding diaryl/α,β-unsaturated/α-hetero) is 1. The topological polar surface area (TPSA) is 38.1 Å². The number of hydrogen-bond acceptors (Lipinski definition) is 3. The lowest BCUT2D eigenvalue weighted by molar-refractivity contribution is 0.101. The molecule has 2 rings (SSSR count). The molecule has 0 fully saturated rings. The van der Waals surface area contributed by atoms with Crippen molar-refractivity contribution in [1.29, 1.82) is 0 Å². The second-order valence-electron chi connectivity index (χ2n) is 4.02. The van der Waals surface area contributed by atoms with Gasteiger partial charge >= 0.3 is 0 Å². The molecule has 0 saturated heterocycles. The Morgan fingerprint density at radius 2 is 2.33 bits per heavy atom. The van der Waals surface area contributed by atoms with Gasteiger partial charge in [0.05, 0.1) is 5.69 Å². The Kier molecular flexibility index (Phi) is 2.86. The van der Waals surface area contributed by atoms with Gasteiger partial charge in [0.1, 0.15) is 5.69 Å². The number of ketones is 1. The lowest BCUT2D eigenvalue weighted by Gasteiger charge is -2.15. The van der Waals surface area contributed by atoms with Crippen molar-refractivity contribution in [1.82, 2.24) is 14.7 Å². The summed E-state index contributed by atoms with van der Waals surface area (Å²) in [6.07, 6.45) is 1.11. The Balaban J connectivity index is 2.26. The van der Waals surface area contributed by atoms with E-state index in [-0.39, 0.29) is 5.78 Å². The Labute approximate surface area is 89.9 Å². The van der Waals surface area contributed by atoms with Crippen LogP contribution in [-0.4, -0.2) is 33.6 Å². The number of aromatic nitrogens is 2. The second kappa shape index (κ2) is 4.14. The third-order valence-electron chi connectivity index (χ3n) is 2.90. The number of nitrogens with zero attached hydrogens (tertiary/aromatic N) is 3. The largest absolute Gasteiger partial charge is 0.298 e. The van der Waals surface area contributed by atoms with Gasteiger partial charge in [0.2, 0.25) is 0 Å². The molecule has 0 aromatic carbocycles. The van der Waals surface area contributed by atoms with Crippen LogP contribution in [0.25, 0.3) is 0 Å². The minimum atomic E-state index is 0.0543. The van der Waals surface area contributed by atoms with E-state index >= 15 is 0 Å². The number of carbonyl (C=O) groups excluding carboxylic acids is 1. The van der Waals surface area contributed by atoms with Gasteiger partial charge in [0, 0.05) is 26.6 Å². The van der Waals surface area contributed by atoms with E-state index in [1.165, 1.54) is 5.69 Å². The first-order valence-electron chi connectivity index (χ1n) is 5.50. The minimum absolute atomic E-state index is 0.0543. The highest BCUT2D eigenvalue weighted by Crippen LogP contribution is 2.13. The third kappa shape index (κ3) is 2.09. The molecule has 0 bridgehead atoms. The van der Waals surface area contributed by atoms with Crippen LogP contribution in [0.2, 0.25) is 0 Å². The van der Waals surface area contributed by atoms with Gasteiger partial charge in [-0.15, -0.1) is 0 Å². The summed E-state index contributed by atoms with van der Waals surface area (Å²) < 4.78 is 1.98. The fourth-order valence-electron chi connectivity index (χ4n) is 1.97. The van der Waals surface area contributed by atoms with E-state index in [1.54, 1.807) is 6.92 Å². The van der Waals surface area contributed by atoms with Crippen LogP contribution in [0.4, 0.5) is 0 Å². The monoisotopic (exact) mass is 207 g/mol. The normalized spacial score (nSPS) is 17.2. The van der Waals surface area contributed by atoms with Crippen LogP contribution in [0.5, 0.6) is 0 Å². The van der Waals surface area contributed by atoms with Gasteiger partial charge in [-0.05, 0) is 19.0 Å². The van der Waals surface area contributed by atoms with Crippen molar-refractivity contribution >= 4 is 5.78 Å². The Hall–Kier alpha value is -1.16. The van der Waals surface area contributed by atoms with Gasteiger partial charge in [-0.25, -0.2) is 0 Å². The van der Waals surface area contributed by atoms with Crippen LogP contribution in [0.1, 0.15) is 36.5 Å². The summed E-state index contributed by atoms with van der Waals surface area (Å²) in [5, 5.41) is 4.32. The Bertz CT molecular complexity index is 370. The van der Waals surface area contributed by atoms with Gasteiger partial charge in [-0.1, -0.05) is 6.92 Å². The van der Waals surface area contributed by atoms with Gasteiger partial charge in [-0.2, -0.15) is 5.10 Å². The van der Waals surface area contributed by atoms with Gasteiger partial charge < -0.3 is 0 Å². The average Bonchev–Trinajstić information content (AvgIpc) is 2.51. The second-order valence-corrected chi connectivity index (χ2v) is 4.02. The van der Waals surface area contributed by atoms with Gasteiger partial charge in [0.25, 0.3) is 0 Å². The zero-order valence-electron chi connectivity index (χ0n) is 9.36. The number of aryl methyl sites for hydroxylation is 1.